The number of aromatic nitrogens is 1. The summed E-state index contributed by atoms with van der Waals surface area (Å²) in [4.78, 5) is 27.2. The minimum absolute atomic E-state index is 0.0550. The molecule has 102 valence electrons. The van der Waals surface area contributed by atoms with Gasteiger partial charge in [0.2, 0.25) is 11.8 Å². The predicted molar refractivity (Wildman–Crippen MR) is 76.0 cm³/mol. The van der Waals surface area contributed by atoms with Crippen molar-refractivity contribution >= 4 is 17.5 Å². The zero-order chi connectivity index (χ0) is 14.2. The molecule has 0 bridgehead atoms. The van der Waals surface area contributed by atoms with Gasteiger partial charge in [0.15, 0.2) is 0 Å². The third kappa shape index (κ3) is 4.53. The van der Waals surface area contributed by atoms with Crippen LogP contribution < -0.4 is 10.6 Å². The van der Waals surface area contributed by atoms with Crippen molar-refractivity contribution < 1.29 is 9.59 Å². The summed E-state index contributed by atoms with van der Waals surface area (Å²) < 4.78 is 0. The third-order valence-electron chi connectivity index (χ3n) is 2.60. The topological polar surface area (TPSA) is 71.1 Å². The molecule has 0 aliphatic carbocycles. The lowest BCUT2D eigenvalue weighted by atomic mass is 10.1. The van der Waals surface area contributed by atoms with Crippen molar-refractivity contribution in [2.24, 2.45) is 0 Å². The van der Waals surface area contributed by atoms with Crippen LogP contribution in [0.4, 0.5) is 5.69 Å². The van der Waals surface area contributed by atoms with E-state index in [1.54, 1.807) is 24.5 Å². The summed E-state index contributed by atoms with van der Waals surface area (Å²) in [6.07, 6.45) is 3.43. The molecule has 5 nitrogen and oxygen atoms in total. The highest BCUT2D eigenvalue weighted by Gasteiger charge is 2.06. The van der Waals surface area contributed by atoms with Crippen LogP contribution in [0.3, 0.4) is 0 Å². The molecule has 20 heavy (non-hydrogen) atoms. The molecule has 5 heteroatoms. The molecule has 2 rings (SSSR count). The van der Waals surface area contributed by atoms with Crippen molar-refractivity contribution in [3.05, 3.63) is 60.4 Å². The van der Waals surface area contributed by atoms with Gasteiger partial charge in [-0.3, -0.25) is 14.6 Å². The Labute approximate surface area is 117 Å². The van der Waals surface area contributed by atoms with Crippen molar-refractivity contribution in [3.8, 4) is 0 Å². The fraction of sp³-hybridized carbons (Fsp3) is 0.133. The first-order valence-corrected chi connectivity index (χ1v) is 6.24. The first-order chi connectivity index (χ1) is 9.74. The van der Waals surface area contributed by atoms with Gasteiger partial charge in [0.25, 0.3) is 0 Å². The molecule has 0 atom stereocenters. The van der Waals surface area contributed by atoms with E-state index >= 15 is 0 Å². The largest absolute Gasteiger partial charge is 0.347 e. The number of benzene rings is 1. The Morgan fingerprint density at radius 3 is 2.50 bits per heavy atom. The molecular formula is C15H15N3O2. The van der Waals surface area contributed by atoms with Crippen LogP contribution in [0.1, 0.15) is 5.56 Å². The second-order valence-electron chi connectivity index (χ2n) is 4.23. The summed E-state index contributed by atoms with van der Waals surface area (Å²) >= 11 is 0. The molecule has 0 unspecified atom stereocenters. The number of hydrogen-bond donors (Lipinski definition) is 2. The average Bonchev–Trinajstić information content (AvgIpc) is 2.47. The van der Waals surface area contributed by atoms with E-state index in [1.807, 2.05) is 30.3 Å². The molecule has 0 aliphatic rings. The number of pyridine rings is 1. The number of carbonyl (C=O) groups is 2. The molecule has 0 saturated carbocycles. The number of carbonyl (C=O) groups excluding carboxylic acids is 2. The van der Waals surface area contributed by atoms with Crippen LogP contribution in [0.5, 0.6) is 0 Å². The molecule has 0 aliphatic heterocycles. The molecule has 0 fully saturated rings. The van der Waals surface area contributed by atoms with Crippen molar-refractivity contribution in [1.82, 2.24) is 10.3 Å². The summed E-state index contributed by atoms with van der Waals surface area (Å²) in [5, 5.41) is 5.22. The molecule has 2 aromatic rings. The molecular weight excluding hydrogens is 254 g/mol. The van der Waals surface area contributed by atoms with E-state index in [0.29, 0.717) is 5.69 Å². The molecule has 0 saturated heterocycles. The van der Waals surface area contributed by atoms with Crippen LogP contribution in [0, 0.1) is 0 Å². The second kappa shape index (κ2) is 7.04. The standard InChI is InChI=1S/C15H15N3O2/c19-14(9-12-5-2-1-3-6-12)17-11-15(20)18-13-7-4-8-16-10-13/h1-8,10H,9,11H2,(H,17,19)(H,18,20). The van der Waals surface area contributed by atoms with Crippen molar-refractivity contribution in [2.75, 3.05) is 11.9 Å². The Morgan fingerprint density at radius 1 is 1.00 bits per heavy atom. The molecule has 1 aromatic carbocycles. The van der Waals surface area contributed by atoms with E-state index in [2.05, 4.69) is 15.6 Å². The van der Waals surface area contributed by atoms with Gasteiger partial charge in [-0.05, 0) is 17.7 Å². The number of hydrogen-bond acceptors (Lipinski definition) is 3. The Hall–Kier alpha value is -2.69. The first-order valence-electron chi connectivity index (χ1n) is 6.24. The van der Waals surface area contributed by atoms with Gasteiger partial charge in [0.1, 0.15) is 0 Å². The lowest BCUT2D eigenvalue weighted by molar-refractivity contribution is -0.123. The van der Waals surface area contributed by atoms with E-state index in [0.717, 1.165) is 5.56 Å². The van der Waals surface area contributed by atoms with Crippen molar-refractivity contribution in [1.29, 1.82) is 0 Å². The van der Waals surface area contributed by atoms with Gasteiger partial charge in [-0.25, -0.2) is 0 Å². The lowest BCUT2D eigenvalue weighted by Gasteiger charge is -2.06. The molecule has 1 aromatic heterocycles. The average molecular weight is 269 g/mol. The Balaban J connectivity index is 1.75. The van der Waals surface area contributed by atoms with Gasteiger partial charge in [0, 0.05) is 6.20 Å². The maximum atomic E-state index is 11.7. The predicted octanol–water partition coefficient (Wildman–Crippen LogP) is 1.38. The first kappa shape index (κ1) is 13.7. The van der Waals surface area contributed by atoms with Gasteiger partial charge < -0.3 is 10.6 Å². The van der Waals surface area contributed by atoms with Crippen LogP contribution in [0.2, 0.25) is 0 Å². The molecule has 1 heterocycles. The zero-order valence-corrected chi connectivity index (χ0v) is 10.9. The van der Waals surface area contributed by atoms with Gasteiger partial charge in [-0.15, -0.1) is 0 Å². The van der Waals surface area contributed by atoms with E-state index in [4.69, 9.17) is 0 Å². The maximum Gasteiger partial charge on any atom is 0.243 e. The third-order valence-corrected chi connectivity index (χ3v) is 2.60. The van der Waals surface area contributed by atoms with Gasteiger partial charge in [-0.2, -0.15) is 0 Å². The Morgan fingerprint density at radius 2 is 1.80 bits per heavy atom. The number of nitrogens with one attached hydrogen (secondary N) is 2. The van der Waals surface area contributed by atoms with Gasteiger partial charge in [-0.1, -0.05) is 30.3 Å². The van der Waals surface area contributed by atoms with Crippen LogP contribution >= 0.6 is 0 Å². The number of amides is 2. The van der Waals surface area contributed by atoms with E-state index < -0.39 is 0 Å². The summed E-state index contributed by atoms with van der Waals surface area (Å²) in [7, 11) is 0. The van der Waals surface area contributed by atoms with Gasteiger partial charge in [0.05, 0.1) is 24.8 Å². The second-order valence-corrected chi connectivity index (χ2v) is 4.23. The molecule has 2 N–H and O–H groups in total. The summed E-state index contributed by atoms with van der Waals surface area (Å²) in [6, 6.07) is 12.8. The van der Waals surface area contributed by atoms with Crippen LogP contribution in [0.15, 0.2) is 54.9 Å². The summed E-state index contributed by atoms with van der Waals surface area (Å²) in [5.41, 5.74) is 1.52. The minimum Gasteiger partial charge on any atom is -0.347 e. The Kier molecular flexibility index (Phi) is 4.83. The maximum absolute atomic E-state index is 11.7. The summed E-state index contributed by atoms with van der Waals surface area (Å²) in [6.45, 7) is -0.0550. The number of anilines is 1. The zero-order valence-electron chi connectivity index (χ0n) is 10.9. The molecule has 2 amide bonds. The minimum atomic E-state index is -0.278. The quantitative estimate of drug-likeness (QED) is 0.861. The summed E-state index contributed by atoms with van der Waals surface area (Å²) in [5.74, 6) is -0.461. The number of nitrogens with zero attached hydrogens (tertiary/aromatic N) is 1. The highest BCUT2D eigenvalue weighted by molar-refractivity contribution is 5.94. The van der Waals surface area contributed by atoms with Crippen LogP contribution in [-0.4, -0.2) is 23.3 Å². The highest BCUT2D eigenvalue weighted by Crippen LogP contribution is 2.02. The van der Waals surface area contributed by atoms with Crippen molar-refractivity contribution in [2.45, 2.75) is 6.42 Å². The lowest BCUT2D eigenvalue weighted by Crippen LogP contribution is -2.33. The Bertz CT molecular complexity index is 517. The van der Waals surface area contributed by atoms with E-state index in [-0.39, 0.29) is 24.8 Å². The molecule has 0 radical (unpaired) electrons. The fourth-order valence-corrected chi connectivity index (χ4v) is 1.66. The molecule has 0 spiro atoms. The van der Waals surface area contributed by atoms with Crippen LogP contribution in [-0.2, 0) is 16.0 Å². The van der Waals surface area contributed by atoms with E-state index in [9.17, 15) is 9.59 Å². The number of rotatable bonds is 5. The van der Waals surface area contributed by atoms with Crippen LogP contribution in [0.25, 0.3) is 0 Å². The van der Waals surface area contributed by atoms with Gasteiger partial charge >= 0.3 is 0 Å². The monoisotopic (exact) mass is 269 g/mol. The normalized spacial score (nSPS) is 9.80. The smallest absolute Gasteiger partial charge is 0.243 e. The fourth-order valence-electron chi connectivity index (χ4n) is 1.66. The van der Waals surface area contributed by atoms with Crippen molar-refractivity contribution in [3.63, 3.8) is 0 Å². The highest BCUT2D eigenvalue weighted by atomic mass is 16.2. The SMILES string of the molecule is O=C(Cc1ccccc1)NCC(=O)Nc1cccnc1. The van der Waals surface area contributed by atoms with E-state index in [1.165, 1.54) is 0 Å².